The van der Waals surface area contributed by atoms with E-state index in [0.717, 1.165) is 34.7 Å². The molecule has 5 aromatic carbocycles. The highest BCUT2D eigenvalue weighted by molar-refractivity contribution is 6.02. The maximum Gasteiger partial charge on any atom is 0.131 e. The van der Waals surface area contributed by atoms with Crippen molar-refractivity contribution in [1.29, 1.82) is 0 Å². The number of nitrogens with zero attached hydrogens (tertiary/aromatic N) is 1. The van der Waals surface area contributed by atoms with Gasteiger partial charge in [-0.1, -0.05) is 122 Å². The Labute approximate surface area is 268 Å². The van der Waals surface area contributed by atoms with Crippen molar-refractivity contribution < 1.29 is 4.74 Å². The summed E-state index contributed by atoms with van der Waals surface area (Å²) < 4.78 is 6.77. The van der Waals surface area contributed by atoms with Crippen LogP contribution < -0.4 is 4.74 Å². The van der Waals surface area contributed by atoms with Crippen molar-refractivity contribution in [2.45, 2.75) is 17.8 Å². The average molecular weight is 588 g/mol. The number of aromatic nitrogens is 1. The number of rotatable bonds is 4. The lowest BCUT2D eigenvalue weighted by molar-refractivity contribution is 0.478. The summed E-state index contributed by atoms with van der Waals surface area (Å²) in [5.74, 6) is 2.13. The Morgan fingerprint density at radius 1 is 0.696 bits per heavy atom. The summed E-state index contributed by atoms with van der Waals surface area (Å²) in [4.78, 5) is 4.89. The van der Waals surface area contributed by atoms with Gasteiger partial charge in [0.05, 0.1) is 11.1 Å². The molecule has 0 bridgehead atoms. The molecule has 2 heteroatoms. The molecule has 4 aliphatic rings. The molecular formula is C44H29NO. The molecule has 2 unspecified atom stereocenters. The van der Waals surface area contributed by atoms with E-state index in [9.17, 15) is 0 Å². The van der Waals surface area contributed by atoms with Gasteiger partial charge in [0.2, 0.25) is 0 Å². The van der Waals surface area contributed by atoms with Gasteiger partial charge in [-0.25, -0.2) is 0 Å². The van der Waals surface area contributed by atoms with Crippen LogP contribution in [0.15, 0.2) is 158 Å². The first-order valence-corrected chi connectivity index (χ1v) is 16.0. The van der Waals surface area contributed by atoms with Crippen LogP contribution in [0.5, 0.6) is 11.5 Å². The summed E-state index contributed by atoms with van der Waals surface area (Å²) in [5.41, 5.74) is 17.4. The Balaban J connectivity index is 1.25. The van der Waals surface area contributed by atoms with E-state index in [1.165, 1.54) is 61.2 Å². The van der Waals surface area contributed by atoms with Crippen LogP contribution in [0.2, 0.25) is 0 Å². The fourth-order valence-corrected chi connectivity index (χ4v) is 8.76. The van der Waals surface area contributed by atoms with E-state index >= 15 is 0 Å². The molecule has 0 saturated heterocycles. The standard InChI is InChI=1S/C44H29NO/c1-2-3-14-33-31-15-8-9-16-36(31)44-37-25-28(30-19-22-38(45-26-30)27-11-5-4-6-12-27)18-20-32(37)34-21-23-40-41(43(34)44)35(42(33)44)24-29-13-7-10-17-39(29)46-40/h2-23,25-26,35H,1,24H2/b14-3-. The van der Waals surface area contributed by atoms with Crippen LogP contribution in [0.1, 0.15) is 39.3 Å². The lowest BCUT2D eigenvalue weighted by Crippen LogP contribution is -2.25. The van der Waals surface area contributed by atoms with Gasteiger partial charge in [0.1, 0.15) is 11.5 Å². The van der Waals surface area contributed by atoms with Crippen LogP contribution in [0.3, 0.4) is 0 Å². The Morgan fingerprint density at radius 3 is 2.37 bits per heavy atom. The molecular weight excluding hydrogens is 558 g/mol. The van der Waals surface area contributed by atoms with Gasteiger partial charge in [-0.15, -0.1) is 0 Å². The van der Waals surface area contributed by atoms with Gasteiger partial charge in [-0.05, 0) is 86.3 Å². The SMILES string of the molecule is C=C/C=C\C1=C2C3Cc4ccccc4Oc4ccc5c(c43)C2(c2ccccc21)c1cc(-c2ccc(-c3ccccc3)nc2)ccc1-5. The molecule has 10 rings (SSSR count). The van der Waals surface area contributed by atoms with Crippen LogP contribution >= 0.6 is 0 Å². The van der Waals surface area contributed by atoms with Crippen molar-refractivity contribution in [3.05, 3.63) is 191 Å². The van der Waals surface area contributed by atoms with Gasteiger partial charge >= 0.3 is 0 Å². The second-order valence-corrected chi connectivity index (χ2v) is 12.6. The predicted octanol–water partition coefficient (Wildman–Crippen LogP) is 10.7. The minimum Gasteiger partial charge on any atom is -0.457 e. The normalized spacial score (nSPS) is 19.2. The molecule has 2 nitrogen and oxygen atoms in total. The topological polar surface area (TPSA) is 22.1 Å². The second kappa shape index (κ2) is 9.39. The highest BCUT2D eigenvalue weighted by Gasteiger charge is 2.61. The molecule has 3 aliphatic carbocycles. The molecule has 0 saturated carbocycles. The van der Waals surface area contributed by atoms with E-state index < -0.39 is 0 Å². The number of benzene rings is 5. The fourth-order valence-electron chi connectivity index (χ4n) is 8.76. The summed E-state index contributed by atoms with van der Waals surface area (Å²) >= 11 is 0. The van der Waals surface area contributed by atoms with Gasteiger partial charge in [-0.3, -0.25) is 4.98 Å². The molecule has 6 aromatic rings. The van der Waals surface area contributed by atoms with Crippen molar-refractivity contribution in [2.24, 2.45) is 0 Å². The third kappa shape index (κ3) is 3.23. The lowest BCUT2D eigenvalue weighted by Gasteiger charge is -2.30. The number of pyridine rings is 1. The van der Waals surface area contributed by atoms with Gasteiger partial charge < -0.3 is 4.74 Å². The van der Waals surface area contributed by atoms with Crippen LogP contribution in [-0.4, -0.2) is 4.98 Å². The van der Waals surface area contributed by atoms with Crippen LogP contribution in [0.25, 0.3) is 39.1 Å². The van der Waals surface area contributed by atoms with E-state index in [1.54, 1.807) is 0 Å². The maximum atomic E-state index is 6.77. The van der Waals surface area contributed by atoms with E-state index in [0.29, 0.717) is 0 Å². The molecule has 0 fully saturated rings. The second-order valence-electron chi connectivity index (χ2n) is 12.6. The lowest BCUT2D eigenvalue weighted by atomic mass is 9.71. The number of allylic oxidation sites excluding steroid dienone is 5. The average Bonchev–Trinajstić information content (AvgIpc) is 3.63. The quantitative estimate of drug-likeness (QED) is 0.191. The Bertz CT molecular complexity index is 2330. The van der Waals surface area contributed by atoms with Crippen molar-refractivity contribution in [3.63, 3.8) is 0 Å². The van der Waals surface area contributed by atoms with Crippen LogP contribution in [-0.2, 0) is 11.8 Å². The summed E-state index contributed by atoms with van der Waals surface area (Å²) in [7, 11) is 0. The third-order valence-corrected chi connectivity index (χ3v) is 10.5. The van der Waals surface area contributed by atoms with E-state index in [-0.39, 0.29) is 11.3 Å². The predicted molar refractivity (Wildman–Crippen MR) is 186 cm³/mol. The zero-order chi connectivity index (χ0) is 30.4. The minimum absolute atomic E-state index is 0.189. The maximum absolute atomic E-state index is 6.77. The van der Waals surface area contributed by atoms with Crippen molar-refractivity contribution in [1.82, 2.24) is 4.98 Å². The first kappa shape index (κ1) is 25.6. The van der Waals surface area contributed by atoms with E-state index in [1.807, 2.05) is 18.3 Å². The summed E-state index contributed by atoms with van der Waals surface area (Å²) in [6.45, 7) is 4.03. The van der Waals surface area contributed by atoms with Crippen LogP contribution in [0, 0.1) is 0 Å². The van der Waals surface area contributed by atoms with Crippen molar-refractivity contribution >= 4 is 5.57 Å². The highest BCUT2D eigenvalue weighted by atomic mass is 16.5. The van der Waals surface area contributed by atoms with Crippen molar-refractivity contribution in [2.75, 3.05) is 0 Å². The largest absolute Gasteiger partial charge is 0.457 e. The molecule has 1 spiro atoms. The summed E-state index contributed by atoms with van der Waals surface area (Å²) in [6, 6.07) is 43.8. The zero-order valence-electron chi connectivity index (χ0n) is 25.2. The molecule has 1 aliphatic heterocycles. The Hall–Kier alpha value is -5.73. The third-order valence-electron chi connectivity index (χ3n) is 10.5. The fraction of sp³-hybridized carbons (Fsp3) is 0.0682. The summed E-state index contributed by atoms with van der Waals surface area (Å²) in [5, 5.41) is 0. The number of hydrogen-bond donors (Lipinski definition) is 0. The first-order valence-electron chi connectivity index (χ1n) is 16.0. The Kier molecular flexibility index (Phi) is 5.22. The Morgan fingerprint density at radius 2 is 1.50 bits per heavy atom. The molecule has 0 radical (unpaired) electrons. The zero-order valence-corrected chi connectivity index (χ0v) is 25.2. The summed E-state index contributed by atoms with van der Waals surface area (Å²) in [6.07, 6.45) is 9.18. The van der Waals surface area contributed by atoms with Gasteiger partial charge in [-0.2, -0.15) is 0 Å². The van der Waals surface area contributed by atoms with Crippen LogP contribution in [0.4, 0.5) is 0 Å². The van der Waals surface area contributed by atoms with E-state index in [2.05, 4.69) is 134 Å². The molecule has 0 N–H and O–H groups in total. The van der Waals surface area contributed by atoms with Gasteiger partial charge in [0.15, 0.2) is 0 Å². The molecule has 216 valence electrons. The minimum atomic E-state index is -0.388. The molecule has 1 aromatic heterocycles. The first-order chi connectivity index (χ1) is 22.8. The number of ether oxygens (including phenoxy) is 1. The molecule has 46 heavy (non-hydrogen) atoms. The van der Waals surface area contributed by atoms with E-state index in [4.69, 9.17) is 9.72 Å². The highest BCUT2D eigenvalue weighted by Crippen LogP contribution is 2.72. The van der Waals surface area contributed by atoms with Gasteiger partial charge in [0.25, 0.3) is 0 Å². The number of para-hydroxylation sites is 1. The van der Waals surface area contributed by atoms with Crippen molar-refractivity contribution in [3.8, 4) is 45.0 Å². The molecule has 2 atom stereocenters. The monoisotopic (exact) mass is 587 g/mol. The molecule has 2 heterocycles. The number of fused-ring (bicyclic) bond motifs is 5. The van der Waals surface area contributed by atoms with Gasteiger partial charge in [0, 0.05) is 28.8 Å². The smallest absolute Gasteiger partial charge is 0.131 e. The number of hydrogen-bond acceptors (Lipinski definition) is 2. The molecule has 0 amide bonds.